The molecule has 0 fully saturated rings. The second-order valence-electron chi connectivity index (χ2n) is 4.05. The number of carboxylic acid groups (broad SMARTS) is 1. The molecule has 0 heterocycles. The Labute approximate surface area is 129 Å². The van der Waals surface area contributed by atoms with Crippen LogP contribution in [-0.2, 0) is 0 Å². The number of aromatic carboxylic acids is 1. The van der Waals surface area contributed by atoms with Crippen LogP contribution in [0.4, 0.5) is 17.1 Å². The van der Waals surface area contributed by atoms with E-state index in [9.17, 15) is 14.9 Å². The van der Waals surface area contributed by atoms with Gasteiger partial charge >= 0.3 is 5.97 Å². The van der Waals surface area contributed by atoms with Crippen molar-refractivity contribution in [1.29, 1.82) is 0 Å². The maximum atomic E-state index is 11.0. The fourth-order valence-corrected chi connectivity index (χ4v) is 2.06. The Bertz CT molecular complexity index is 734. The number of hydrogen-bond acceptors (Lipinski definition) is 4. The maximum Gasteiger partial charge on any atom is 0.337 e. The molecule has 0 aliphatic heterocycles. The number of halogens is 2. The molecule has 0 bridgehead atoms. The van der Waals surface area contributed by atoms with E-state index in [1.165, 1.54) is 30.3 Å². The minimum atomic E-state index is -1.15. The van der Waals surface area contributed by atoms with Gasteiger partial charge in [0.05, 0.1) is 26.2 Å². The third-order valence-corrected chi connectivity index (χ3v) is 3.28. The van der Waals surface area contributed by atoms with E-state index in [1.54, 1.807) is 6.07 Å². The van der Waals surface area contributed by atoms with E-state index in [-0.39, 0.29) is 21.3 Å². The van der Waals surface area contributed by atoms with Crippen LogP contribution in [0.5, 0.6) is 0 Å². The number of nitro benzene ring substituents is 1. The molecule has 0 atom stereocenters. The highest BCUT2D eigenvalue weighted by atomic mass is 35.5. The molecule has 0 unspecified atom stereocenters. The monoisotopic (exact) mass is 326 g/mol. The van der Waals surface area contributed by atoms with Gasteiger partial charge in [0.1, 0.15) is 0 Å². The van der Waals surface area contributed by atoms with Gasteiger partial charge in [-0.1, -0.05) is 23.2 Å². The number of nitro groups is 1. The average molecular weight is 327 g/mol. The Kier molecular flexibility index (Phi) is 4.30. The second kappa shape index (κ2) is 5.99. The second-order valence-corrected chi connectivity index (χ2v) is 4.86. The lowest BCUT2D eigenvalue weighted by molar-refractivity contribution is -0.384. The number of nitrogens with zero attached hydrogens (tertiary/aromatic N) is 1. The summed E-state index contributed by atoms with van der Waals surface area (Å²) in [6, 6.07) is 8.30. The number of nitrogens with one attached hydrogen (secondary N) is 1. The molecule has 0 saturated heterocycles. The Morgan fingerprint density at radius 1 is 1.14 bits per heavy atom. The molecule has 0 spiro atoms. The summed E-state index contributed by atoms with van der Waals surface area (Å²) >= 11 is 11.7. The van der Waals surface area contributed by atoms with Crippen LogP contribution in [0.3, 0.4) is 0 Å². The first-order chi connectivity index (χ1) is 9.88. The molecule has 0 aliphatic rings. The van der Waals surface area contributed by atoms with Crippen molar-refractivity contribution >= 4 is 46.2 Å². The molecule has 0 aliphatic carbocycles. The van der Waals surface area contributed by atoms with E-state index in [1.807, 2.05) is 0 Å². The zero-order valence-electron chi connectivity index (χ0n) is 10.3. The van der Waals surface area contributed by atoms with Gasteiger partial charge in [-0.25, -0.2) is 4.79 Å². The van der Waals surface area contributed by atoms with E-state index >= 15 is 0 Å². The van der Waals surface area contributed by atoms with Crippen molar-refractivity contribution in [3.8, 4) is 0 Å². The predicted octanol–water partition coefficient (Wildman–Crippen LogP) is 4.34. The fraction of sp³-hybridized carbons (Fsp3) is 0. The normalized spacial score (nSPS) is 10.2. The molecule has 0 radical (unpaired) electrons. The van der Waals surface area contributed by atoms with Gasteiger partial charge in [-0.3, -0.25) is 10.1 Å². The molecule has 0 aromatic heterocycles. The van der Waals surface area contributed by atoms with E-state index in [2.05, 4.69) is 5.32 Å². The lowest BCUT2D eigenvalue weighted by atomic mass is 10.2. The van der Waals surface area contributed by atoms with E-state index in [4.69, 9.17) is 28.3 Å². The van der Waals surface area contributed by atoms with Crippen LogP contribution in [0.2, 0.25) is 10.0 Å². The minimum Gasteiger partial charge on any atom is -0.478 e. The van der Waals surface area contributed by atoms with Crippen LogP contribution < -0.4 is 5.32 Å². The van der Waals surface area contributed by atoms with Crippen LogP contribution in [-0.4, -0.2) is 16.0 Å². The minimum absolute atomic E-state index is 0.0558. The Balaban J connectivity index is 2.32. The average Bonchev–Trinajstić information content (AvgIpc) is 2.42. The van der Waals surface area contributed by atoms with Gasteiger partial charge in [0.15, 0.2) is 0 Å². The molecule has 8 heteroatoms. The highest BCUT2D eigenvalue weighted by molar-refractivity contribution is 6.34. The molecule has 2 N–H and O–H groups in total. The van der Waals surface area contributed by atoms with Crippen LogP contribution in [0.25, 0.3) is 0 Å². The molecule has 6 nitrogen and oxygen atoms in total. The van der Waals surface area contributed by atoms with Crippen LogP contribution in [0, 0.1) is 10.1 Å². The zero-order chi connectivity index (χ0) is 15.6. The summed E-state index contributed by atoms with van der Waals surface area (Å²) in [6.07, 6.45) is 0. The SMILES string of the molecule is O=C(O)c1cc(Nc2ccc([N+](=O)[O-])cc2Cl)ccc1Cl. The summed E-state index contributed by atoms with van der Waals surface area (Å²) in [6.45, 7) is 0. The standard InChI is InChI=1S/C13H8Cl2N2O4/c14-10-3-1-7(5-9(10)13(18)19)16-12-4-2-8(17(20)21)6-11(12)15/h1-6,16H,(H,18,19). The van der Waals surface area contributed by atoms with E-state index < -0.39 is 10.9 Å². The fourth-order valence-electron chi connectivity index (χ4n) is 1.64. The van der Waals surface area contributed by atoms with Crippen molar-refractivity contribution in [3.63, 3.8) is 0 Å². The first-order valence-corrected chi connectivity index (χ1v) is 6.38. The molecule has 21 heavy (non-hydrogen) atoms. The van der Waals surface area contributed by atoms with Crippen molar-refractivity contribution in [3.05, 3.63) is 62.1 Å². The van der Waals surface area contributed by atoms with Crippen molar-refractivity contribution in [2.24, 2.45) is 0 Å². The highest BCUT2D eigenvalue weighted by Crippen LogP contribution is 2.30. The van der Waals surface area contributed by atoms with Gasteiger partial charge in [-0.05, 0) is 24.3 Å². The van der Waals surface area contributed by atoms with E-state index in [0.29, 0.717) is 11.4 Å². The van der Waals surface area contributed by atoms with Gasteiger partial charge in [0.25, 0.3) is 5.69 Å². The number of non-ortho nitro benzene ring substituents is 1. The Hall–Kier alpha value is -2.31. The van der Waals surface area contributed by atoms with Crippen molar-refractivity contribution in [2.45, 2.75) is 0 Å². The number of rotatable bonds is 4. The summed E-state index contributed by atoms with van der Waals surface area (Å²) in [4.78, 5) is 21.1. The molecule has 2 aromatic carbocycles. The summed E-state index contributed by atoms with van der Waals surface area (Å²) in [5, 5.41) is 22.8. The molecule has 0 amide bonds. The smallest absolute Gasteiger partial charge is 0.337 e. The summed E-state index contributed by atoms with van der Waals surface area (Å²) < 4.78 is 0. The molecule has 108 valence electrons. The van der Waals surface area contributed by atoms with Crippen LogP contribution in [0.1, 0.15) is 10.4 Å². The Morgan fingerprint density at radius 3 is 2.43 bits per heavy atom. The Morgan fingerprint density at radius 2 is 1.86 bits per heavy atom. The van der Waals surface area contributed by atoms with Crippen molar-refractivity contribution in [1.82, 2.24) is 0 Å². The summed E-state index contributed by atoms with van der Waals surface area (Å²) in [5.41, 5.74) is 0.682. The van der Waals surface area contributed by atoms with E-state index in [0.717, 1.165) is 0 Å². The molecule has 2 rings (SSSR count). The topological polar surface area (TPSA) is 92.5 Å². The third kappa shape index (κ3) is 3.42. The number of carboxylic acids is 1. The van der Waals surface area contributed by atoms with Crippen molar-refractivity contribution < 1.29 is 14.8 Å². The molecule has 0 saturated carbocycles. The van der Waals surface area contributed by atoms with Gasteiger partial charge in [0, 0.05) is 17.8 Å². The lowest BCUT2D eigenvalue weighted by Gasteiger charge is -2.09. The number of benzene rings is 2. The van der Waals surface area contributed by atoms with Crippen molar-refractivity contribution in [2.75, 3.05) is 5.32 Å². The zero-order valence-corrected chi connectivity index (χ0v) is 11.9. The first-order valence-electron chi connectivity index (χ1n) is 5.62. The predicted molar refractivity (Wildman–Crippen MR) is 79.8 cm³/mol. The molecular weight excluding hydrogens is 319 g/mol. The number of anilines is 2. The molecule has 2 aromatic rings. The van der Waals surface area contributed by atoms with Gasteiger partial charge in [0.2, 0.25) is 0 Å². The quantitative estimate of drug-likeness (QED) is 0.643. The maximum absolute atomic E-state index is 11.0. The van der Waals surface area contributed by atoms with Crippen LogP contribution in [0.15, 0.2) is 36.4 Å². The number of hydrogen-bond donors (Lipinski definition) is 2. The van der Waals surface area contributed by atoms with Gasteiger partial charge in [-0.2, -0.15) is 0 Å². The highest BCUT2D eigenvalue weighted by Gasteiger charge is 2.12. The largest absolute Gasteiger partial charge is 0.478 e. The lowest BCUT2D eigenvalue weighted by Crippen LogP contribution is -1.99. The van der Waals surface area contributed by atoms with Gasteiger partial charge < -0.3 is 10.4 Å². The first kappa shape index (κ1) is 15.1. The van der Waals surface area contributed by atoms with Gasteiger partial charge in [-0.15, -0.1) is 0 Å². The third-order valence-electron chi connectivity index (χ3n) is 2.64. The summed E-state index contributed by atoms with van der Waals surface area (Å²) in [5.74, 6) is -1.15. The molecular formula is C13H8Cl2N2O4. The number of carbonyl (C=O) groups is 1. The van der Waals surface area contributed by atoms with Crippen LogP contribution >= 0.6 is 23.2 Å². The summed E-state index contributed by atoms with van der Waals surface area (Å²) in [7, 11) is 0.